The number of benzene rings is 4. The summed E-state index contributed by atoms with van der Waals surface area (Å²) in [7, 11) is -7.09. The molecule has 264 valence electrons. The van der Waals surface area contributed by atoms with Crippen molar-refractivity contribution in [1.29, 1.82) is 0 Å². The highest BCUT2D eigenvalue weighted by Crippen LogP contribution is 2.32. The molecule has 15 heteroatoms. The quantitative estimate of drug-likeness (QED) is 0.0991. The summed E-state index contributed by atoms with van der Waals surface area (Å²) in [6, 6.07) is 26.7. The molecule has 2 aromatic heterocycles. The third-order valence-corrected chi connectivity index (χ3v) is 9.24. The first-order chi connectivity index (χ1) is 24.2. The lowest BCUT2D eigenvalue weighted by Gasteiger charge is -2.12. The number of aromatic nitrogens is 2. The smallest absolute Gasteiger partial charge is 0.294 e. The van der Waals surface area contributed by atoms with Gasteiger partial charge in [-0.1, -0.05) is 41.4 Å². The van der Waals surface area contributed by atoms with E-state index in [-0.39, 0.29) is 29.6 Å². The number of ether oxygens (including phenoxy) is 1. The number of nitrogens with zero attached hydrogens (tertiary/aromatic N) is 3. The molecule has 0 radical (unpaired) electrons. The van der Waals surface area contributed by atoms with Gasteiger partial charge in [0.1, 0.15) is 51.7 Å². The fourth-order valence-electron chi connectivity index (χ4n) is 4.59. The Kier molecular flexibility index (Phi) is 11.8. The molecule has 51 heavy (non-hydrogen) atoms. The van der Waals surface area contributed by atoms with E-state index in [2.05, 4.69) is 20.3 Å². The van der Waals surface area contributed by atoms with E-state index >= 15 is 0 Å². The Morgan fingerprint density at radius 2 is 1.75 bits per heavy atom. The van der Waals surface area contributed by atoms with Crippen LogP contribution in [0.1, 0.15) is 16.9 Å². The van der Waals surface area contributed by atoms with E-state index in [0.717, 1.165) is 22.0 Å². The molecule has 0 amide bonds. The van der Waals surface area contributed by atoms with Crippen LogP contribution in [0.25, 0.3) is 22.2 Å². The SMILES string of the molecule is CS(=O)(=O)CCN=Cc1ccc(-c2ccc3ncnc(Nc4ccc(OCc5cccc(F)c5)c(Cl)c4)c3c2)o1.Cc1ccc(S(=O)(=O)O)cc1. The van der Waals surface area contributed by atoms with Crippen molar-refractivity contribution in [3.05, 3.63) is 131 Å². The first-order valence-electron chi connectivity index (χ1n) is 15.2. The second-order valence-electron chi connectivity index (χ2n) is 11.3. The van der Waals surface area contributed by atoms with E-state index in [1.807, 2.05) is 37.3 Å². The van der Waals surface area contributed by atoms with Gasteiger partial charge in [0, 0.05) is 22.9 Å². The zero-order chi connectivity index (χ0) is 36.6. The van der Waals surface area contributed by atoms with Crippen LogP contribution < -0.4 is 10.1 Å². The van der Waals surface area contributed by atoms with E-state index in [0.29, 0.717) is 39.4 Å². The van der Waals surface area contributed by atoms with Gasteiger partial charge in [0.25, 0.3) is 10.1 Å². The van der Waals surface area contributed by atoms with Crippen LogP contribution in [0.15, 0.2) is 118 Å². The second-order valence-corrected chi connectivity index (χ2v) is 15.4. The fraction of sp³-hybridized carbons (Fsp3) is 0.139. The highest BCUT2D eigenvalue weighted by molar-refractivity contribution is 7.90. The van der Waals surface area contributed by atoms with Gasteiger partial charge >= 0.3 is 0 Å². The first-order valence-corrected chi connectivity index (χ1v) is 19.1. The van der Waals surface area contributed by atoms with Crippen molar-refractivity contribution in [3.63, 3.8) is 0 Å². The topological polar surface area (TPSA) is 161 Å². The van der Waals surface area contributed by atoms with Gasteiger partial charge in [0.05, 0.1) is 33.9 Å². The van der Waals surface area contributed by atoms with Crippen molar-refractivity contribution in [2.75, 3.05) is 23.9 Å². The molecule has 0 aliphatic heterocycles. The molecule has 0 aliphatic carbocycles. The number of hydrogen-bond acceptors (Lipinski definition) is 10. The standard InChI is InChI=1S/C29H24ClFN4O4S.C7H8O3S/c1-40(36,37)12-11-32-16-23-7-10-27(39-23)20-5-8-26-24(14-20)29(34-18-33-26)35-22-6-9-28(25(30)15-22)38-17-19-3-2-4-21(31)13-19;1-6-2-4-7(5-3-6)11(8,9)10/h2-10,13-16,18H,11-12,17H2,1H3,(H,33,34,35);2-5H,1H3,(H,8,9,10). The monoisotopic (exact) mass is 750 g/mol. The molecule has 0 atom stereocenters. The van der Waals surface area contributed by atoms with Crippen LogP contribution in [0, 0.1) is 12.7 Å². The Labute approximate surface area is 299 Å². The number of sulfone groups is 1. The van der Waals surface area contributed by atoms with E-state index in [9.17, 15) is 21.2 Å². The molecule has 0 saturated heterocycles. The molecule has 0 aliphatic rings. The fourth-order valence-corrected chi connectivity index (χ4v) is 5.74. The normalized spacial score (nSPS) is 11.7. The van der Waals surface area contributed by atoms with Crippen LogP contribution in [-0.2, 0) is 26.6 Å². The summed E-state index contributed by atoms with van der Waals surface area (Å²) in [6.45, 7) is 2.19. The average Bonchev–Trinajstić information content (AvgIpc) is 3.55. The van der Waals surface area contributed by atoms with Crippen molar-refractivity contribution in [1.82, 2.24) is 9.97 Å². The number of anilines is 2. The Balaban J connectivity index is 0.000000392. The molecule has 0 spiro atoms. The van der Waals surface area contributed by atoms with Crippen LogP contribution in [0.2, 0.25) is 5.02 Å². The molecular weight excluding hydrogens is 719 g/mol. The lowest BCUT2D eigenvalue weighted by molar-refractivity contribution is 0.306. The van der Waals surface area contributed by atoms with Gasteiger partial charge in [-0.3, -0.25) is 9.55 Å². The summed E-state index contributed by atoms with van der Waals surface area (Å²) in [5.74, 6) is 1.83. The maximum absolute atomic E-state index is 13.4. The van der Waals surface area contributed by atoms with Crippen molar-refractivity contribution < 1.29 is 34.9 Å². The molecule has 6 rings (SSSR count). The van der Waals surface area contributed by atoms with Gasteiger partial charge < -0.3 is 14.5 Å². The van der Waals surface area contributed by atoms with Gasteiger partial charge in [-0.05, 0) is 85.3 Å². The molecule has 2 N–H and O–H groups in total. The van der Waals surface area contributed by atoms with Crippen molar-refractivity contribution in [2.45, 2.75) is 18.4 Å². The third-order valence-electron chi connectivity index (χ3n) is 7.15. The summed E-state index contributed by atoms with van der Waals surface area (Å²) >= 11 is 6.46. The van der Waals surface area contributed by atoms with Gasteiger partial charge in [-0.15, -0.1) is 0 Å². The highest BCUT2D eigenvalue weighted by Gasteiger charge is 2.11. The van der Waals surface area contributed by atoms with Crippen LogP contribution in [0.3, 0.4) is 0 Å². The number of aliphatic imine (C=N–C) groups is 1. The van der Waals surface area contributed by atoms with Crippen LogP contribution in [0.4, 0.5) is 15.9 Å². The Morgan fingerprint density at radius 1 is 0.961 bits per heavy atom. The molecule has 6 aromatic rings. The van der Waals surface area contributed by atoms with Crippen molar-refractivity contribution in [2.24, 2.45) is 4.99 Å². The number of furan rings is 1. The maximum Gasteiger partial charge on any atom is 0.294 e. The molecule has 0 bridgehead atoms. The summed E-state index contributed by atoms with van der Waals surface area (Å²) < 4.78 is 77.2. The largest absolute Gasteiger partial charge is 0.487 e. The average molecular weight is 751 g/mol. The predicted octanol–water partition coefficient (Wildman–Crippen LogP) is 7.71. The lowest BCUT2D eigenvalue weighted by atomic mass is 10.1. The van der Waals surface area contributed by atoms with E-state index in [1.165, 1.54) is 43.1 Å². The second kappa shape index (κ2) is 16.2. The molecular formula is C36H32ClFN4O7S2. The number of nitrogens with one attached hydrogen (secondary N) is 1. The van der Waals surface area contributed by atoms with E-state index in [1.54, 1.807) is 42.5 Å². The summed E-state index contributed by atoms with van der Waals surface area (Å²) in [6.07, 6.45) is 4.16. The van der Waals surface area contributed by atoms with Crippen LogP contribution in [-0.4, -0.2) is 56.1 Å². The van der Waals surface area contributed by atoms with E-state index < -0.39 is 20.0 Å². The van der Waals surface area contributed by atoms with Crippen LogP contribution >= 0.6 is 11.6 Å². The lowest BCUT2D eigenvalue weighted by Crippen LogP contribution is -2.05. The Bertz CT molecular complexity index is 2400. The maximum atomic E-state index is 13.4. The number of hydrogen-bond donors (Lipinski definition) is 2. The third kappa shape index (κ3) is 10.9. The number of aryl methyl sites for hydroxylation is 1. The minimum Gasteiger partial charge on any atom is -0.487 e. The van der Waals surface area contributed by atoms with Gasteiger partial charge in [0.15, 0.2) is 0 Å². The molecule has 2 heterocycles. The minimum atomic E-state index is -4.02. The number of fused-ring (bicyclic) bond motifs is 1. The van der Waals surface area contributed by atoms with Crippen LogP contribution in [0.5, 0.6) is 5.75 Å². The molecule has 0 unspecified atom stereocenters. The number of rotatable bonds is 11. The summed E-state index contributed by atoms with van der Waals surface area (Å²) in [4.78, 5) is 12.8. The molecule has 11 nitrogen and oxygen atoms in total. The van der Waals surface area contributed by atoms with Gasteiger partial charge in [0.2, 0.25) is 0 Å². The predicted molar refractivity (Wildman–Crippen MR) is 196 cm³/mol. The Hall–Kier alpha value is -5.15. The summed E-state index contributed by atoms with van der Waals surface area (Å²) in [5.41, 5.74) is 3.89. The molecule has 4 aromatic carbocycles. The first kappa shape index (κ1) is 37.1. The minimum absolute atomic E-state index is 0.0204. The molecule has 0 saturated carbocycles. The van der Waals surface area contributed by atoms with Gasteiger partial charge in [-0.2, -0.15) is 8.42 Å². The highest BCUT2D eigenvalue weighted by atomic mass is 35.5. The van der Waals surface area contributed by atoms with Crippen molar-refractivity contribution >= 4 is 60.2 Å². The zero-order valence-corrected chi connectivity index (χ0v) is 29.7. The Morgan fingerprint density at radius 3 is 2.45 bits per heavy atom. The van der Waals surface area contributed by atoms with E-state index in [4.69, 9.17) is 25.3 Å². The van der Waals surface area contributed by atoms with Crippen molar-refractivity contribution in [3.8, 4) is 17.1 Å². The van der Waals surface area contributed by atoms with Gasteiger partial charge in [-0.25, -0.2) is 22.8 Å². The summed E-state index contributed by atoms with van der Waals surface area (Å²) in [5, 5.41) is 4.44. The number of halogens is 2. The molecule has 0 fully saturated rings. The zero-order valence-electron chi connectivity index (χ0n) is 27.3.